The standard InChI is InChI=1S/C18H28N2O/c1-14-9-15(2)11-16(10-14)18(21)13-19-8-5-17(12-19)20-6-3-4-7-20/h9-11,17-18,21H,3-8,12-13H2,1-2H3. The van der Waals surface area contributed by atoms with Crippen LogP contribution < -0.4 is 0 Å². The molecule has 0 amide bonds. The van der Waals surface area contributed by atoms with Crippen molar-refractivity contribution >= 4 is 0 Å². The fourth-order valence-electron chi connectivity index (χ4n) is 3.94. The van der Waals surface area contributed by atoms with Crippen LogP contribution in [0.1, 0.15) is 42.1 Å². The highest BCUT2D eigenvalue weighted by molar-refractivity contribution is 5.30. The van der Waals surface area contributed by atoms with E-state index in [1.807, 2.05) is 0 Å². The van der Waals surface area contributed by atoms with Gasteiger partial charge in [-0.05, 0) is 58.3 Å². The Kier molecular flexibility index (Phi) is 4.63. The molecular formula is C18H28N2O. The van der Waals surface area contributed by atoms with Crippen LogP contribution in [-0.2, 0) is 0 Å². The van der Waals surface area contributed by atoms with Gasteiger partial charge in [0.25, 0.3) is 0 Å². The van der Waals surface area contributed by atoms with Gasteiger partial charge in [0.2, 0.25) is 0 Å². The third kappa shape index (κ3) is 3.65. The van der Waals surface area contributed by atoms with Gasteiger partial charge in [0.15, 0.2) is 0 Å². The van der Waals surface area contributed by atoms with E-state index < -0.39 is 0 Å². The molecule has 1 aromatic rings. The molecule has 3 heteroatoms. The molecule has 2 unspecified atom stereocenters. The van der Waals surface area contributed by atoms with Crippen molar-refractivity contribution in [2.24, 2.45) is 0 Å². The monoisotopic (exact) mass is 288 g/mol. The zero-order chi connectivity index (χ0) is 14.8. The van der Waals surface area contributed by atoms with E-state index in [1.165, 1.54) is 43.5 Å². The largest absolute Gasteiger partial charge is 0.387 e. The highest BCUT2D eigenvalue weighted by Gasteiger charge is 2.30. The van der Waals surface area contributed by atoms with E-state index in [0.29, 0.717) is 0 Å². The van der Waals surface area contributed by atoms with E-state index in [2.05, 4.69) is 41.8 Å². The lowest BCUT2D eigenvalue weighted by Crippen LogP contribution is -2.36. The van der Waals surface area contributed by atoms with Crippen LogP contribution in [0, 0.1) is 13.8 Å². The first-order valence-electron chi connectivity index (χ1n) is 8.34. The molecule has 0 bridgehead atoms. The quantitative estimate of drug-likeness (QED) is 0.922. The summed E-state index contributed by atoms with van der Waals surface area (Å²) in [5, 5.41) is 10.5. The molecule has 2 heterocycles. The molecule has 1 N–H and O–H groups in total. The summed E-state index contributed by atoms with van der Waals surface area (Å²) in [6.45, 7) is 9.78. The highest BCUT2D eigenvalue weighted by atomic mass is 16.3. The van der Waals surface area contributed by atoms with Gasteiger partial charge < -0.3 is 5.11 Å². The Balaban J connectivity index is 1.56. The summed E-state index contributed by atoms with van der Waals surface area (Å²) >= 11 is 0. The van der Waals surface area contributed by atoms with Gasteiger partial charge in [0, 0.05) is 19.1 Å². The smallest absolute Gasteiger partial charge is 0.0917 e. The summed E-state index contributed by atoms with van der Waals surface area (Å²) in [6.07, 6.45) is 3.63. The Morgan fingerprint density at radius 3 is 2.43 bits per heavy atom. The van der Waals surface area contributed by atoms with Crippen LogP contribution >= 0.6 is 0 Å². The third-order valence-electron chi connectivity index (χ3n) is 4.96. The number of hydrogen-bond acceptors (Lipinski definition) is 3. The van der Waals surface area contributed by atoms with Crippen LogP contribution in [0.3, 0.4) is 0 Å². The summed E-state index contributed by atoms with van der Waals surface area (Å²) < 4.78 is 0. The Morgan fingerprint density at radius 2 is 1.76 bits per heavy atom. The minimum Gasteiger partial charge on any atom is -0.387 e. The van der Waals surface area contributed by atoms with E-state index >= 15 is 0 Å². The number of aliphatic hydroxyl groups is 1. The number of aryl methyl sites for hydroxylation is 2. The zero-order valence-corrected chi connectivity index (χ0v) is 13.4. The van der Waals surface area contributed by atoms with Gasteiger partial charge in [-0.2, -0.15) is 0 Å². The summed E-state index contributed by atoms with van der Waals surface area (Å²) in [5.74, 6) is 0. The van der Waals surface area contributed by atoms with Gasteiger partial charge in [-0.25, -0.2) is 0 Å². The third-order valence-corrected chi connectivity index (χ3v) is 4.96. The lowest BCUT2D eigenvalue weighted by atomic mass is 10.0. The summed E-state index contributed by atoms with van der Waals surface area (Å²) in [4.78, 5) is 5.08. The number of aliphatic hydroxyl groups excluding tert-OH is 1. The molecule has 2 aliphatic heterocycles. The number of β-amino-alcohol motifs (C(OH)–C–C–N with tert-alkyl or cyclic N) is 1. The van der Waals surface area contributed by atoms with Crippen LogP contribution in [0.2, 0.25) is 0 Å². The van der Waals surface area contributed by atoms with Crippen LogP contribution in [0.5, 0.6) is 0 Å². The van der Waals surface area contributed by atoms with Crippen molar-refractivity contribution in [3.8, 4) is 0 Å². The minimum atomic E-state index is -0.360. The zero-order valence-electron chi connectivity index (χ0n) is 13.4. The molecule has 0 radical (unpaired) electrons. The number of likely N-dealkylation sites (tertiary alicyclic amines) is 2. The summed E-state index contributed by atoms with van der Waals surface area (Å²) in [5.41, 5.74) is 3.54. The van der Waals surface area contributed by atoms with Crippen molar-refractivity contribution in [2.45, 2.75) is 45.3 Å². The van der Waals surface area contributed by atoms with Crippen molar-refractivity contribution in [2.75, 3.05) is 32.7 Å². The maximum absolute atomic E-state index is 10.5. The van der Waals surface area contributed by atoms with E-state index in [1.54, 1.807) is 0 Å². The molecule has 1 aromatic carbocycles. The summed E-state index contributed by atoms with van der Waals surface area (Å²) in [6, 6.07) is 7.12. The highest BCUT2D eigenvalue weighted by Crippen LogP contribution is 2.23. The van der Waals surface area contributed by atoms with Gasteiger partial charge in [-0.15, -0.1) is 0 Å². The van der Waals surface area contributed by atoms with Crippen molar-refractivity contribution in [1.29, 1.82) is 0 Å². The number of rotatable bonds is 4. The van der Waals surface area contributed by atoms with Crippen molar-refractivity contribution < 1.29 is 5.11 Å². The molecule has 21 heavy (non-hydrogen) atoms. The Hall–Kier alpha value is -0.900. The second kappa shape index (κ2) is 6.47. The number of benzene rings is 1. The lowest BCUT2D eigenvalue weighted by molar-refractivity contribution is 0.120. The molecule has 0 spiro atoms. The first-order valence-corrected chi connectivity index (χ1v) is 8.34. The average molecular weight is 288 g/mol. The second-order valence-electron chi connectivity index (χ2n) is 6.88. The molecular weight excluding hydrogens is 260 g/mol. The topological polar surface area (TPSA) is 26.7 Å². The van der Waals surface area contributed by atoms with E-state index in [-0.39, 0.29) is 6.10 Å². The Morgan fingerprint density at radius 1 is 1.10 bits per heavy atom. The normalized spacial score (nSPS) is 25.6. The molecule has 3 rings (SSSR count). The maximum atomic E-state index is 10.5. The van der Waals surface area contributed by atoms with Gasteiger partial charge >= 0.3 is 0 Å². The molecule has 116 valence electrons. The van der Waals surface area contributed by atoms with Crippen LogP contribution in [0.4, 0.5) is 0 Å². The SMILES string of the molecule is Cc1cc(C)cc(C(O)CN2CCC(N3CCCC3)C2)c1. The number of hydrogen-bond donors (Lipinski definition) is 1. The molecule has 2 atom stereocenters. The maximum Gasteiger partial charge on any atom is 0.0917 e. The molecule has 0 saturated carbocycles. The van der Waals surface area contributed by atoms with Crippen molar-refractivity contribution in [3.05, 3.63) is 34.9 Å². The fraction of sp³-hybridized carbons (Fsp3) is 0.667. The first kappa shape index (κ1) is 15.0. The molecule has 2 fully saturated rings. The molecule has 0 aromatic heterocycles. The van der Waals surface area contributed by atoms with Gasteiger partial charge in [0.1, 0.15) is 0 Å². The number of nitrogens with zero attached hydrogens (tertiary/aromatic N) is 2. The van der Waals surface area contributed by atoms with E-state index in [0.717, 1.165) is 31.2 Å². The van der Waals surface area contributed by atoms with Gasteiger partial charge in [0.05, 0.1) is 6.10 Å². The average Bonchev–Trinajstić information content (AvgIpc) is 3.07. The van der Waals surface area contributed by atoms with Crippen molar-refractivity contribution in [3.63, 3.8) is 0 Å². The first-order chi connectivity index (χ1) is 10.1. The molecule has 2 saturated heterocycles. The van der Waals surface area contributed by atoms with Gasteiger partial charge in [-0.1, -0.05) is 29.3 Å². The second-order valence-corrected chi connectivity index (χ2v) is 6.88. The van der Waals surface area contributed by atoms with E-state index in [9.17, 15) is 5.11 Å². The Bertz CT molecular complexity index is 462. The van der Waals surface area contributed by atoms with Crippen molar-refractivity contribution in [1.82, 2.24) is 9.80 Å². The predicted molar refractivity (Wildman–Crippen MR) is 86.5 cm³/mol. The van der Waals surface area contributed by atoms with Crippen LogP contribution in [0.15, 0.2) is 18.2 Å². The predicted octanol–water partition coefficient (Wildman–Crippen LogP) is 2.51. The fourth-order valence-corrected chi connectivity index (χ4v) is 3.94. The Labute approximate surface area is 128 Å². The van der Waals surface area contributed by atoms with Crippen LogP contribution in [0.25, 0.3) is 0 Å². The van der Waals surface area contributed by atoms with Gasteiger partial charge in [-0.3, -0.25) is 9.80 Å². The molecule has 3 nitrogen and oxygen atoms in total. The minimum absolute atomic E-state index is 0.360. The lowest BCUT2D eigenvalue weighted by Gasteiger charge is -2.25. The summed E-state index contributed by atoms with van der Waals surface area (Å²) in [7, 11) is 0. The van der Waals surface area contributed by atoms with Crippen LogP contribution in [-0.4, -0.2) is 53.7 Å². The molecule has 0 aliphatic carbocycles. The molecule has 2 aliphatic rings. The van der Waals surface area contributed by atoms with E-state index in [4.69, 9.17) is 0 Å².